The first kappa shape index (κ1) is 6.09. The molecule has 2 aromatic rings. The van der Waals surface area contributed by atoms with Crippen molar-refractivity contribution in [3.63, 3.8) is 0 Å². The Bertz CT molecular complexity index is 396. The van der Waals surface area contributed by atoms with Gasteiger partial charge in [0.25, 0.3) is 0 Å². The number of fused-ring (bicyclic) bond motifs is 1. The molecule has 0 bridgehead atoms. The highest BCUT2D eigenvalue weighted by Gasteiger charge is 1.87. The predicted molar refractivity (Wildman–Crippen MR) is 41.5 cm³/mol. The van der Waals surface area contributed by atoms with E-state index in [2.05, 4.69) is 4.98 Å². The lowest BCUT2D eigenvalue weighted by Crippen LogP contribution is -1.88. The first-order chi connectivity index (χ1) is 5.36. The van der Waals surface area contributed by atoms with E-state index in [9.17, 15) is 4.79 Å². The van der Waals surface area contributed by atoms with Crippen molar-refractivity contribution >= 4 is 5.52 Å². The highest BCUT2D eigenvalue weighted by atomic mass is 16.1. The normalized spacial score (nSPS) is 10.2. The first-order valence-electron chi connectivity index (χ1n) is 3.28. The Balaban J connectivity index is 2.96. The lowest BCUT2D eigenvalue weighted by atomic mass is 10.5. The molecule has 11 heavy (non-hydrogen) atoms. The van der Waals surface area contributed by atoms with E-state index in [1.165, 1.54) is 12.1 Å². The van der Waals surface area contributed by atoms with Crippen LogP contribution in [0.2, 0.25) is 0 Å². The minimum Gasteiger partial charge on any atom is -0.306 e. The largest absolute Gasteiger partial charge is 0.306 e. The van der Waals surface area contributed by atoms with Gasteiger partial charge in [-0.05, 0) is 12.1 Å². The van der Waals surface area contributed by atoms with Gasteiger partial charge >= 0.3 is 0 Å². The topological polar surface area (TPSA) is 34.4 Å². The maximum absolute atomic E-state index is 10.8. The lowest BCUT2D eigenvalue weighted by molar-refractivity contribution is 1.16. The van der Waals surface area contributed by atoms with Crippen LogP contribution in [-0.2, 0) is 0 Å². The summed E-state index contributed by atoms with van der Waals surface area (Å²) in [6.45, 7) is 0. The zero-order valence-electron chi connectivity index (χ0n) is 5.77. The molecule has 0 N–H and O–H groups in total. The minimum atomic E-state index is 0.00806. The summed E-state index contributed by atoms with van der Waals surface area (Å²) < 4.78 is 1.79. The number of nitrogens with zero attached hydrogens (tertiary/aromatic N) is 2. The second kappa shape index (κ2) is 2.20. The maximum atomic E-state index is 10.8. The standard InChI is InChI=1S/C8H6N2O/c11-8-2-1-7-5-9-6-10(7)4-3-8/h1-6H. The molecule has 0 amide bonds. The molecule has 0 aromatic carbocycles. The molecule has 0 aliphatic carbocycles. The van der Waals surface area contributed by atoms with E-state index >= 15 is 0 Å². The summed E-state index contributed by atoms with van der Waals surface area (Å²) in [6, 6.07) is 4.78. The van der Waals surface area contributed by atoms with Crippen molar-refractivity contribution in [3.8, 4) is 0 Å². The van der Waals surface area contributed by atoms with Crippen LogP contribution in [0.1, 0.15) is 0 Å². The molecule has 0 aliphatic rings. The molecule has 0 radical (unpaired) electrons. The van der Waals surface area contributed by atoms with Crippen LogP contribution in [0.25, 0.3) is 5.52 Å². The van der Waals surface area contributed by atoms with Gasteiger partial charge in [-0.2, -0.15) is 0 Å². The van der Waals surface area contributed by atoms with Crippen LogP contribution in [0, 0.1) is 0 Å². The van der Waals surface area contributed by atoms with Gasteiger partial charge in [0, 0.05) is 12.3 Å². The molecule has 2 rings (SSSR count). The molecular formula is C8H6N2O. The zero-order valence-corrected chi connectivity index (χ0v) is 5.77. The van der Waals surface area contributed by atoms with E-state index in [4.69, 9.17) is 0 Å². The van der Waals surface area contributed by atoms with Crippen LogP contribution < -0.4 is 5.43 Å². The van der Waals surface area contributed by atoms with Crippen molar-refractivity contribution in [3.05, 3.63) is 47.1 Å². The molecular weight excluding hydrogens is 140 g/mol. The van der Waals surface area contributed by atoms with E-state index < -0.39 is 0 Å². The SMILES string of the molecule is O=c1ccc2cncn2cc1. The minimum absolute atomic E-state index is 0.00806. The van der Waals surface area contributed by atoms with Crippen molar-refractivity contribution in [1.29, 1.82) is 0 Å². The Hall–Kier alpha value is -1.64. The van der Waals surface area contributed by atoms with Crippen LogP contribution >= 0.6 is 0 Å². The maximum Gasteiger partial charge on any atom is 0.180 e. The molecule has 3 heteroatoms. The van der Waals surface area contributed by atoms with E-state index in [-0.39, 0.29) is 5.43 Å². The van der Waals surface area contributed by atoms with E-state index in [1.54, 1.807) is 29.2 Å². The van der Waals surface area contributed by atoms with Crippen molar-refractivity contribution in [2.45, 2.75) is 0 Å². The molecule has 3 nitrogen and oxygen atoms in total. The van der Waals surface area contributed by atoms with Crippen molar-refractivity contribution in [2.24, 2.45) is 0 Å². The van der Waals surface area contributed by atoms with Crippen LogP contribution in [-0.4, -0.2) is 9.38 Å². The van der Waals surface area contributed by atoms with Gasteiger partial charge < -0.3 is 4.40 Å². The predicted octanol–water partition coefficient (Wildman–Crippen LogP) is 0.694. The third kappa shape index (κ3) is 1.00. The second-order valence-corrected chi connectivity index (χ2v) is 2.28. The number of rotatable bonds is 0. The lowest BCUT2D eigenvalue weighted by Gasteiger charge is -1.79. The van der Waals surface area contributed by atoms with Gasteiger partial charge in [-0.1, -0.05) is 0 Å². The molecule has 2 heterocycles. The average molecular weight is 146 g/mol. The smallest absolute Gasteiger partial charge is 0.180 e. The summed E-state index contributed by atoms with van der Waals surface area (Å²) in [4.78, 5) is 14.8. The average Bonchev–Trinajstić information content (AvgIpc) is 2.38. The molecule has 0 aliphatic heterocycles. The quantitative estimate of drug-likeness (QED) is 0.548. The van der Waals surface area contributed by atoms with Crippen LogP contribution in [0.15, 0.2) is 41.7 Å². The molecule has 54 valence electrons. The van der Waals surface area contributed by atoms with Crippen molar-refractivity contribution < 1.29 is 0 Å². The monoisotopic (exact) mass is 146 g/mol. The summed E-state index contributed by atoms with van der Waals surface area (Å²) in [5.74, 6) is 0. The Kier molecular flexibility index (Phi) is 1.22. The Morgan fingerprint density at radius 2 is 2.18 bits per heavy atom. The first-order valence-corrected chi connectivity index (χ1v) is 3.28. The third-order valence-corrected chi connectivity index (χ3v) is 1.51. The van der Waals surface area contributed by atoms with Crippen LogP contribution in [0.5, 0.6) is 0 Å². The van der Waals surface area contributed by atoms with Gasteiger partial charge in [-0.25, -0.2) is 4.98 Å². The van der Waals surface area contributed by atoms with Gasteiger partial charge in [0.15, 0.2) is 5.43 Å². The molecule has 0 unspecified atom stereocenters. The number of imidazole rings is 1. The van der Waals surface area contributed by atoms with Gasteiger partial charge in [-0.15, -0.1) is 0 Å². The highest BCUT2D eigenvalue weighted by molar-refractivity contribution is 5.42. The summed E-state index contributed by atoms with van der Waals surface area (Å²) in [5, 5.41) is 0. The number of aromatic nitrogens is 2. The summed E-state index contributed by atoms with van der Waals surface area (Å²) in [7, 11) is 0. The summed E-state index contributed by atoms with van der Waals surface area (Å²) in [6.07, 6.45) is 5.07. The molecule has 2 aromatic heterocycles. The van der Waals surface area contributed by atoms with E-state index in [1.807, 2.05) is 0 Å². The summed E-state index contributed by atoms with van der Waals surface area (Å²) >= 11 is 0. The van der Waals surface area contributed by atoms with Crippen LogP contribution in [0.3, 0.4) is 0 Å². The van der Waals surface area contributed by atoms with Gasteiger partial charge in [-0.3, -0.25) is 4.79 Å². The Morgan fingerprint density at radius 1 is 1.27 bits per heavy atom. The van der Waals surface area contributed by atoms with E-state index in [0.29, 0.717) is 0 Å². The third-order valence-electron chi connectivity index (χ3n) is 1.51. The molecule has 0 fully saturated rings. The van der Waals surface area contributed by atoms with Crippen molar-refractivity contribution in [2.75, 3.05) is 0 Å². The Labute approximate surface area is 62.9 Å². The van der Waals surface area contributed by atoms with Crippen molar-refractivity contribution in [1.82, 2.24) is 9.38 Å². The second-order valence-electron chi connectivity index (χ2n) is 2.28. The molecule has 0 atom stereocenters. The fourth-order valence-electron chi connectivity index (χ4n) is 0.945. The van der Waals surface area contributed by atoms with E-state index in [0.717, 1.165) is 5.52 Å². The van der Waals surface area contributed by atoms with Gasteiger partial charge in [0.2, 0.25) is 0 Å². The number of hydrogen-bond acceptors (Lipinski definition) is 2. The molecule has 0 saturated carbocycles. The molecule has 0 saturated heterocycles. The Morgan fingerprint density at radius 3 is 3.09 bits per heavy atom. The van der Waals surface area contributed by atoms with Crippen LogP contribution in [0.4, 0.5) is 0 Å². The van der Waals surface area contributed by atoms with Gasteiger partial charge in [0.1, 0.15) is 0 Å². The highest BCUT2D eigenvalue weighted by Crippen LogP contribution is 1.95. The fraction of sp³-hybridized carbons (Fsp3) is 0. The fourth-order valence-corrected chi connectivity index (χ4v) is 0.945. The molecule has 0 spiro atoms. The number of hydrogen-bond donors (Lipinski definition) is 0. The zero-order chi connectivity index (χ0) is 7.68. The summed E-state index contributed by atoms with van der Waals surface area (Å²) in [5.41, 5.74) is 0.931. The van der Waals surface area contributed by atoms with Gasteiger partial charge in [0.05, 0.1) is 18.0 Å².